The molecule has 1 saturated heterocycles. The highest BCUT2D eigenvalue weighted by molar-refractivity contribution is 5.80. The van der Waals surface area contributed by atoms with Crippen molar-refractivity contribution in [2.24, 2.45) is 0 Å². The maximum absolute atomic E-state index is 12.1. The summed E-state index contributed by atoms with van der Waals surface area (Å²) in [7, 11) is 0. The van der Waals surface area contributed by atoms with Crippen LogP contribution >= 0.6 is 0 Å². The molecule has 1 aliphatic heterocycles. The molecule has 7 heteroatoms. The summed E-state index contributed by atoms with van der Waals surface area (Å²) in [5.74, 6) is 0.370. The molecule has 1 aromatic rings. The Bertz CT molecular complexity index is 547. The normalized spacial score (nSPS) is 18.4. The van der Waals surface area contributed by atoms with E-state index in [4.69, 9.17) is 4.74 Å². The van der Waals surface area contributed by atoms with Gasteiger partial charge in [0.1, 0.15) is 18.1 Å². The molecule has 1 aliphatic rings. The van der Waals surface area contributed by atoms with Crippen LogP contribution in [0.5, 0.6) is 0 Å². The molecule has 0 saturated carbocycles. The number of nitro groups is 1. The molecule has 7 nitrogen and oxygen atoms in total. The van der Waals surface area contributed by atoms with Gasteiger partial charge in [-0.2, -0.15) is 0 Å². The molecule has 1 aromatic heterocycles. The third-order valence-electron chi connectivity index (χ3n) is 3.58. The fourth-order valence-corrected chi connectivity index (χ4v) is 2.62. The van der Waals surface area contributed by atoms with Crippen LogP contribution in [-0.4, -0.2) is 35.1 Å². The summed E-state index contributed by atoms with van der Waals surface area (Å²) in [6, 6.07) is 1.13. The fraction of sp³-hybridized carbons (Fsp3) is 0.571. The van der Waals surface area contributed by atoms with Gasteiger partial charge in [0, 0.05) is 12.6 Å². The van der Waals surface area contributed by atoms with E-state index in [0.717, 1.165) is 19.3 Å². The first-order valence-corrected chi connectivity index (χ1v) is 7.09. The Labute approximate surface area is 123 Å². The van der Waals surface area contributed by atoms with Crippen LogP contribution in [0.15, 0.2) is 12.3 Å². The average molecular weight is 293 g/mol. The van der Waals surface area contributed by atoms with Crippen LogP contribution in [0.3, 0.4) is 0 Å². The molecule has 21 heavy (non-hydrogen) atoms. The minimum absolute atomic E-state index is 0.0408. The van der Waals surface area contributed by atoms with Crippen molar-refractivity contribution in [3.8, 4) is 0 Å². The molecule has 1 atom stereocenters. The maximum atomic E-state index is 12.1. The highest BCUT2D eigenvalue weighted by atomic mass is 16.6. The molecule has 2 heterocycles. The Kier molecular flexibility index (Phi) is 4.72. The van der Waals surface area contributed by atoms with Crippen molar-refractivity contribution in [1.82, 2.24) is 4.98 Å². The van der Waals surface area contributed by atoms with Crippen LogP contribution in [0.2, 0.25) is 0 Å². The van der Waals surface area contributed by atoms with E-state index >= 15 is 0 Å². The van der Waals surface area contributed by atoms with Gasteiger partial charge in [0.25, 0.3) is 5.69 Å². The van der Waals surface area contributed by atoms with Crippen LogP contribution in [0.25, 0.3) is 0 Å². The number of pyridine rings is 1. The SMILES string of the molecule is CCOC(=O)C1CCCCN1c1ncc([N+](=O)[O-])cc1C. The van der Waals surface area contributed by atoms with E-state index in [1.54, 1.807) is 13.8 Å². The summed E-state index contributed by atoms with van der Waals surface area (Å²) in [6.45, 7) is 4.59. The zero-order chi connectivity index (χ0) is 15.4. The van der Waals surface area contributed by atoms with Crippen LogP contribution in [-0.2, 0) is 9.53 Å². The topological polar surface area (TPSA) is 85.6 Å². The van der Waals surface area contributed by atoms with Crippen molar-refractivity contribution in [3.63, 3.8) is 0 Å². The largest absolute Gasteiger partial charge is 0.464 e. The number of hydrogen-bond acceptors (Lipinski definition) is 6. The van der Waals surface area contributed by atoms with Crippen molar-refractivity contribution in [3.05, 3.63) is 27.9 Å². The van der Waals surface area contributed by atoms with Crippen LogP contribution in [0.1, 0.15) is 31.7 Å². The molecular formula is C14H19N3O4. The van der Waals surface area contributed by atoms with Crippen molar-refractivity contribution < 1.29 is 14.5 Å². The zero-order valence-corrected chi connectivity index (χ0v) is 12.2. The van der Waals surface area contributed by atoms with Crippen molar-refractivity contribution in [2.45, 2.75) is 39.2 Å². The first-order valence-electron chi connectivity index (χ1n) is 7.09. The Morgan fingerprint density at radius 1 is 1.57 bits per heavy atom. The summed E-state index contributed by atoms with van der Waals surface area (Å²) in [4.78, 5) is 28.5. The Morgan fingerprint density at radius 2 is 2.33 bits per heavy atom. The number of carbonyl (C=O) groups is 1. The number of rotatable bonds is 4. The minimum atomic E-state index is -0.469. The summed E-state index contributed by atoms with van der Waals surface area (Å²) >= 11 is 0. The highest BCUT2D eigenvalue weighted by Gasteiger charge is 2.31. The maximum Gasteiger partial charge on any atom is 0.328 e. The van der Waals surface area contributed by atoms with E-state index in [1.807, 2.05) is 4.90 Å². The Morgan fingerprint density at radius 3 is 2.95 bits per heavy atom. The fourth-order valence-electron chi connectivity index (χ4n) is 2.62. The molecular weight excluding hydrogens is 274 g/mol. The Hall–Kier alpha value is -2.18. The van der Waals surface area contributed by atoms with Gasteiger partial charge >= 0.3 is 5.97 Å². The first-order chi connectivity index (χ1) is 10.0. The van der Waals surface area contributed by atoms with Crippen molar-refractivity contribution >= 4 is 17.5 Å². The van der Waals surface area contributed by atoms with Crippen LogP contribution in [0, 0.1) is 17.0 Å². The smallest absolute Gasteiger partial charge is 0.328 e. The highest BCUT2D eigenvalue weighted by Crippen LogP contribution is 2.28. The van der Waals surface area contributed by atoms with Crippen molar-refractivity contribution in [1.29, 1.82) is 0 Å². The molecule has 0 aromatic carbocycles. The van der Waals surface area contributed by atoms with Gasteiger partial charge in [-0.3, -0.25) is 10.1 Å². The van der Waals surface area contributed by atoms with Gasteiger partial charge in [-0.15, -0.1) is 0 Å². The number of piperidine rings is 1. The van der Waals surface area contributed by atoms with Gasteiger partial charge in [-0.25, -0.2) is 9.78 Å². The van der Waals surface area contributed by atoms with E-state index in [9.17, 15) is 14.9 Å². The van der Waals surface area contributed by atoms with Crippen molar-refractivity contribution in [2.75, 3.05) is 18.1 Å². The number of aryl methyl sites for hydroxylation is 1. The van der Waals surface area contributed by atoms with Crippen LogP contribution < -0.4 is 4.90 Å². The zero-order valence-electron chi connectivity index (χ0n) is 12.2. The molecule has 1 unspecified atom stereocenters. The summed E-state index contributed by atoms with van der Waals surface area (Å²) in [6.07, 6.45) is 3.89. The van der Waals surface area contributed by atoms with Gasteiger partial charge in [0.05, 0.1) is 11.5 Å². The number of hydrogen-bond donors (Lipinski definition) is 0. The molecule has 0 radical (unpaired) electrons. The lowest BCUT2D eigenvalue weighted by Crippen LogP contribution is -2.46. The number of ether oxygens (including phenoxy) is 1. The van der Waals surface area contributed by atoms with E-state index in [0.29, 0.717) is 24.5 Å². The molecule has 0 N–H and O–H groups in total. The molecule has 0 aliphatic carbocycles. The van der Waals surface area contributed by atoms with Gasteiger partial charge in [-0.05, 0) is 38.7 Å². The molecule has 114 valence electrons. The predicted octanol–water partition coefficient (Wildman–Crippen LogP) is 2.22. The summed E-state index contributed by atoms with van der Waals surface area (Å²) in [5.41, 5.74) is 0.654. The number of nitrogens with zero attached hydrogens (tertiary/aromatic N) is 3. The van der Waals surface area contributed by atoms with E-state index < -0.39 is 4.92 Å². The first kappa shape index (κ1) is 15.2. The molecule has 0 amide bonds. The molecule has 0 bridgehead atoms. The summed E-state index contributed by atoms with van der Waals surface area (Å²) < 4.78 is 5.12. The van der Waals surface area contributed by atoms with E-state index in [2.05, 4.69) is 4.98 Å². The summed E-state index contributed by atoms with van der Waals surface area (Å²) in [5, 5.41) is 10.8. The number of aromatic nitrogens is 1. The predicted molar refractivity (Wildman–Crippen MR) is 77.2 cm³/mol. The second kappa shape index (κ2) is 6.51. The monoisotopic (exact) mass is 293 g/mol. The van der Waals surface area contributed by atoms with Crippen LogP contribution in [0.4, 0.5) is 11.5 Å². The second-order valence-corrected chi connectivity index (χ2v) is 5.05. The molecule has 2 rings (SSSR count). The third-order valence-corrected chi connectivity index (χ3v) is 3.58. The lowest BCUT2D eigenvalue weighted by Gasteiger charge is -2.35. The standard InChI is InChI=1S/C14H19N3O4/c1-3-21-14(18)12-6-4-5-7-16(12)13-10(2)8-11(9-15-13)17(19)20/h8-9,12H,3-7H2,1-2H3. The quantitative estimate of drug-likeness (QED) is 0.480. The third kappa shape index (κ3) is 3.29. The number of anilines is 1. The average Bonchev–Trinajstić information content (AvgIpc) is 2.47. The lowest BCUT2D eigenvalue weighted by atomic mass is 10.0. The number of carbonyl (C=O) groups excluding carboxylic acids is 1. The van der Waals surface area contributed by atoms with Gasteiger partial charge in [0.2, 0.25) is 0 Å². The van der Waals surface area contributed by atoms with Gasteiger partial charge in [0.15, 0.2) is 0 Å². The van der Waals surface area contributed by atoms with E-state index in [-0.39, 0.29) is 17.7 Å². The van der Waals surface area contributed by atoms with E-state index in [1.165, 1.54) is 12.3 Å². The lowest BCUT2D eigenvalue weighted by molar-refractivity contribution is -0.385. The van der Waals surface area contributed by atoms with Gasteiger partial charge < -0.3 is 9.64 Å². The number of esters is 1. The van der Waals surface area contributed by atoms with Gasteiger partial charge in [-0.1, -0.05) is 0 Å². The molecule has 0 spiro atoms. The second-order valence-electron chi connectivity index (χ2n) is 5.05. The Balaban J connectivity index is 2.29. The minimum Gasteiger partial charge on any atom is -0.464 e. The molecule has 1 fully saturated rings.